The fraction of sp³-hybridized carbons (Fsp3) is 0.0172. The molecule has 1 spiro atoms. The number of hydrogen-bond acceptors (Lipinski definition) is 2. The van der Waals surface area contributed by atoms with Crippen LogP contribution >= 0.6 is 11.3 Å². The van der Waals surface area contributed by atoms with Crippen molar-refractivity contribution in [1.29, 1.82) is 0 Å². The highest BCUT2D eigenvalue weighted by Gasteiger charge is 2.52. The van der Waals surface area contributed by atoms with Gasteiger partial charge in [-0.1, -0.05) is 152 Å². The van der Waals surface area contributed by atoms with Crippen LogP contribution in [-0.4, -0.2) is 4.98 Å². The van der Waals surface area contributed by atoms with Crippen LogP contribution in [0.2, 0.25) is 0 Å². The van der Waals surface area contributed by atoms with Crippen molar-refractivity contribution < 1.29 is 0 Å². The Kier molecular flexibility index (Phi) is 6.43. The summed E-state index contributed by atoms with van der Waals surface area (Å²) in [5.74, 6) is 0. The van der Waals surface area contributed by atoms with E-state index in [1.54, 1.807) is 0 Å². The molecule has 0 fully saturated rings. The van der Waals surface area contributed by atoms with E-state index in [9.17, 15) is 0 Å². The lowest BCUT2D eigenvalue weighted by Crippen LogP contribution is -2.26. The predicted molar refractivity (Wildman–Crippen MR) is 254 cm³/mol. The van der Waals surface area contributed by atoms with E-state index in [0.29, 0.717) is 0 Å². The van der Waals surface area contributed by atoms with Gasteiger partial charge in [0.05, 0.1) is 11.1 Å². The summed E-state index contributed by atoms with van der Waals surface area (Å²) in [6.45, 7) is 0. The second-order valence-corrected chi connectivity index (χ2v) is 17.6. The highest BCUT2D eigenvalue weighted by Crippen LogP contribution is 2.64. The molecule has 10 aromatic carbocycles. The fourth-order valence-corrected chi connectivity index (χ4v) is 12.4. The van der Waals surface area contributed by atoms with Gasteiger partial charge in [0.2, 0.25) is 0 Å². The van der Waals surface area contributed by atoms with Crippen LogP contribution in [0.25, 0.3) is 108 Å². The topological polar surface area (TPSA) is 12.9 Å². The van der Waals surface area contributed by atoms with Crippen LogP contribution in [0, 0.1) is 0 Å². The average molecular weight is 776 g/mol. The zero-order valence-electron chi connectivity index (χ0n) is 32.4. The van der Waals surface area contributed by atoms with E-state index in [1.165, 1.54) is 124 Å². The maximum absolute atomic E-state index is 5.17. The predicted octanol–water partition coefficient (Wildman–Crippen LogP) is 15.7. The van der Waals surface area contributed by atoms with Crippen LogP contribution in [0.1, 0.15) is 22.3 Å². The SMILES string of the molecule is c1ccc(-c2cc3c4ccccc4c(-c4ccc5c(c4)C4(c6ccccc6-c6cc7sc8ccc9ccccc9c8c7cc64)c4cccnc4-5)cc3c3ccccc23)cc1. The molecule has 12 aromatic rings. The van der Waals surface area contributed by atoms with Gasteiger partial charge in [0.15, 0.2) is 0 Å². The van der Waals surface area contributed by atoms with Gasteiger partial charge in [-0.3, -0.25) is 4.98 Å². The van der Waals surface area contributed by atoms with E-state index in [1.807, 2.05) is 17.5 Å². The first-order chi connectivity index (χ1) is 29.8. The molecule has 14 rings (SSSR count). The van der Waals surface area contributed by atoms with Crippen molar-refractivity contribution in [3.63, 3.8) is 0 Å². The Morgan fingerprint density at radius 3 is 1.78 bits per heavy atom. The van der Waals surface area contributed by atoms with E-state index in [0.717, 1.165) is 5.69 Å². The molecule has 2 heterocycles. The number of nitrogens with zero attached hydrogens (tertiary/aromatic N) is 1. The van der Waals surface area contributed by atoms with Gasteiger partial charge in [-0.2, -0.15) is 0 Å². The molecule has 2 aliphatic rings. The number of pyridine rings is 1. The summed E-state index contributed by atoms with van der Waals surface area (Å²) in [6.07, 6.45) is 1.96. The largest absolute Gasteiger partial charge is 0.256 e. The molecule has 2 heteroatoms. The summed E-state index contributed by atoms with van der Waals surface area (Å²) in [5.41, 5.74) is 14.6. The van der Waals surface area contributed by atoms with E-state index in [2.05, 4.69) is 194 Å². The Labute approximate surface area is 350 Å². The Morgan fingerprint density at radius 2 is 0.983 bits per heavy atom. The van der Waals surface area contributed by atoms with Crippen LogP contribution < -0.4 is 0 Å². The van der Waals surface area contributed by atoms with Gasteiger partial charge in [-0.15, -0.1) is 11.3 Å². The highest BCUT2D eigenvalue weighted by atomic mass is 32.1. The fourth-order valence-electron chi connectivity index (χ4n) is 11.2. The van der Waals surface area contributed by atoms with Crippen LogP contribution in [-0.2, 0) is 5.41 Å². The van der Waals surface area contributed by atoms with E-state index in [4.69, 9.17) is 4.98 Å². The van der Waals surface area contributed by atoms with E-state index in [-0.39, 0.29) is 0 Å². The number of benzene rings is 10. The van der Waals surface area contributed by atoms with Gasteiger partial charge in [0, 0.05) is 31.9 Å². The smallest absolute Gasteiger partial charge is 0.0753 e. The Morgan fingerprint density at radius 1 is 0.333 bits per heavy atom. The van der Waals surface area contributed by atoms with Gasteiger partial charge in [-0.05, 0) is 141 Å². The number of hydrogen-bond donors (Lipinski definition) is 0. The summed E-state index contributed by atoms with van der Waals surface area (Å²) >= 11 is 1.91. The zero-order valence-corrected chi connectivity index (χ0v) is 33.2. The molecule has 60 heavy (non-hydrogen) atoms. The Bertz CT molecular complexity index is 3840. The first-order valence-corrected chi connectivity index (χ1v) is 21.6. The maximum atomic E-state index is 5.17. The quantitative estimate of drug-likeness (QED) is 0.159. The molecule has 1 unspecified atom stereocenters. The Balaban J connectivity index is 1.08. The van der Waals surface area contributed by atoms with Crippen LogP contribution in [0.3, 0.4) is 0 Å². The monoisotopic (exact) mass is 775 g/mol. The minimum absolute atomic E-state index is 0.530. The van der Waals surface area contributed by atoms with Gasteiger partial charge < -0.3 is 0 Å². The molecule has 0 saturated heterocycles. The second-order valence-electron chi connectivity index (χ2n) is 16.5. The third kappa shape index (κ3) is 4.13. The van der Waals surface area contributed by atoms with Crippen molar-refractivity contribution >= 4 is 74.6 Å². The summed E-state index contributed by atoms with van der Waals surface area (Å²) in [7, 11) is 0. The van der Waals surface area contributed by atoms with Crippen molar-refractivity contribution in [2.75, 3.05) is 0 Å². The van der Waals surface area contributed by atoms with Crippen molar-refractivity contribution in [3.05, 3.63) is 223 Å². The lowest BCUT2D eigenvalue weighted by molar-refractivity contribution is 0.793. The number of thiophene rings is 1. The highest BCUT2D eigenvalue weighted by molar-refractivity contribution is 7.26. The normalized spacial score (nSPS) is 15.1. The zero-order chi connectivity index (χ0) is 39.1. The van der Waals surface area contributed by atoms with Crippen LogP contribution in [0.15, 0.2) is 200 Å². The van der Waals surface area contributed by atoms with Gasteiger partial charge in [0.1, 0.15) is 0 Å². The lowest BCUT2D eigenvalue weighted by atomic mass is 9.70. The van der Waals surface area contributed by atoms with Crippen molar-refractivity contribution in [1.82, 2.24) is 4.98 Å². The van der Waals surface area contributed by atoms with Crippen LogP contribution in [0.4, 0.5) is 0 Å². The summed E-state index contributed by atoms with van der Waals surface area (Å²) in [4.78, 5) is 5.17. The lowest BCUT2D eigenvalue weighted by Gasteiger charge is -2.30. The van der Waals surface area contributed by atoms with Crippen LogP contribution in [0.5, 0.6) is 0 Å². The molecule has 0 saturated carbocycles. The van der Waals surface area contributed by atoms with E-state index < -0.39 is 5.41 Å². The second kappa shape index (κ2) is 11.9. The molecule has 0 radical (unpaired) electrons. The minimum Gasteiger partial charge on any atom is -0.256 e. The number of aromatic nitrogens is 1. The first-order valence-electron chi connectivity index (χ1n) is 20.8. The molecule has 2 aromatic heterocycles. The standard InChI is InChI=1S/C58H33NS/c1-2-13-34(14-3-1)44-30-46-41-20-9-7-18-39(41)45(31-47(46)40-19-8-6-17-38(40)44)36-24-26-43-52(29-36)58(51-23-12-28-59-57(43)51)50-22-11-10-21-42(50)48-33-55-49(32-53(48)58)56-37-16-5-4-15-35(37)25-27-54(56)60-55/h1-33H. The number of rotatable bonds is 2. The Hall–Kier alpha value is -7.39. The molecule has 0 N–H and O–H groups in total. The molecule has 0 bridgehead atoms. The third-order valence-corrected chi connectivity index (χ3v) is 14.8. The summed E-state index contributed by atoms with van der Waals surface area (Å²) < 4.78 is 2.66. The van der Waals surface area contributed by atoms with E-state index >= 15 is 0 Å². The number of fused-ring (bicyclic) bond motifs is 20. The van der Waals surface area contributed by atoms with Crippen molar-refractivity contribution in [2.24, 2.45) is 0 Å². The minimum atomic E-state index is -0.530. The molecule has 0 aliphatic heterocycles. The van der Waals surface area contributed by atoms with Crippen molar-refractivity contribution in [2.45, 2.75) is 5.41 Å². The molecule has 0 amide bonds. The average Bonchev–Trinajstić information content (AvgIpc) is 3.94. The van der Waals surface area contributed by atoms with Crippen molar-refractivity contribution in [3.8, 4) is 44.6 Å². The van der Waals surface area contributed by atoms with Gasteiger partial charge >= 0.3 is 0 Å². The third-order valence-electron chi connectivity index (χ3n) is 13.7. The first kappa shape index (κ1) is 32.6. The van der Waals surface area contributed by atoms with Gasteiger partial charge in [0.25, 0.3) is 0 Å². The molecular weight excluding hydrogens is 743 g/mol. The summed E-state index contributed by atoms with van der Waals surface area (Å²) in [6, 6.07) is 72.9. The molecular formula is C58H33NS. The molecule has 2 aliphatic carbocycles. The maximum Gasteiger partial charge on any atom is 0.0753 e. The molecule has 276 valence electrons. The summed E-state index contributed by atoms with van der Waals surface area (Å²) in [5, 5.41) is 12.9. The molecule has 1 atom stereocenters. The molecule has 1 nitrogen and oxygen atoms in total. The van der Waals surface area contributed by atoms with Gasteiger partial charge in [-0.25, -0.2) is 0 Å².